The highest BCUT2D eigenvalue weighted by Gasteiger charge is 2.51. The van der Waals surface area contributed by atoms with Crippen LogP contribution in [0.5, 0.6) is 5.75 Å². The summed E-state index contributed by atoms with van der Waals surface area (Å²) in [4.78, 5) is 0. The molecule has 0 heterocycles. The number of hydrogen-bond acceptors (Lipinski definition) is 3. The van der Waals surface area contributed by atoms with Crippen molar-refractivity contribution in [3.8, 4) is 5.75 Å². The third-order valence-electron chi connectivity index (χ3n) is 5.78. The first-order valence-corrected chi connectivity index (χ1v) is 9.81. The molecule has 0 saturated heterocycles. The van der Waals surface area contributed by atoms with Gasteiger partial charge in [0.2, 0.25) is 0 Å². The first kappa shape index (κ1) is 16.3. The standard InChI is InChI=1S/C18H22BrN3OS/c19-15-1-2-16(23)14(6-15)10-20-22-17(24)21-18-7-11-3-12(8-18)5-13(4-11)9-18/h1-2,6,10-13,23H,3-5,7-9H2,(H2,21,22,24). The van der Waals surface area contributed by atoms with Crippen LogP contribution >= 0.6 is 28.1 Å². The summed E-state index contributed by atoms with van der Waals surface area (Å²) in [6.45, 7) is 0. The van der Waals surface area contributed by atoms with E-state index in [1.54, 1.807) is 18.3 Å². The number of nitrogens with one attached hydrogen (secondary N) is 2. The molecule has 3 N–H and O–H groups in total. The Bertz CT molecular complexity index is 656. The Balaban J connectivity index is 1.37. The summed E-state index contributed by atoms with van der Waals surface area (Å²) in [5.41, 5.74) is 3.75. The molecule has 4 fully saturated rings. The highest BCUT2D eigenvalue weighted by atomic mass is 79.9. The minimum atomic E-state index is 0.187. The number of phenols is 1. The van der Waals surface area contributed by atoms with E-state index in [1.165, 1.54) is 38.5 Å². The van der Waals surface area contributed by atoms with Crippen LogP contribution in [-0.4, -0.2) is 22.0 Å². The Morgan fingerprint density at radius 1 is 1.21 bits per heavy atom. The summed E-state index contributed by atoms with van der Waals surface area (Å²) in [5.74, 6) is 2.85. The molecule has 1 aromatic rings. The second kappa shape index (κ2) is 6.30. The Morgan fingerprint density at radius 2 is 1.83 bits per heavy atom. The molecular formula is C18H22BrN3OS. The van der Waals surface area contributed by atoms with Gasteiger partial charge in [-0.1, -0.05) is 15.9 Å². The van der Waals surface area contributed by atoms with Crippen LogP contribution in [0.25, 0.3) is 0 Å². The van der Waals surface area contributed by atoms with Gasteiger partial charge in [-0.05, 0) is 86.7 Å². The molecule has 24 heavy (non-hydrogen) atoms. The van der Waals surface area contributed by atoms with Crippen LogP contribution in [0.3, 0.4) is 0 Å². The molecule has 0 unspecified atom stereocenters. The molecule has 4 aliphatic rings. The van der Waals surface area contributed by atoms with Gasteiger partial charge in [-0.2, -0.15) is 5.10 Å². The molecule has 4 bridgehead atoms. The Kier molecular flexibility index (Phi) is 4.29. The first-order chi connectivity index (χ1) is 11.5. The predicted octanol–water partition coefficient (Wildman–Crippen LogP) is 3.92. The van der Waals surface area contributed by atoms with E-state index in [-0.39, 0.29) is 11.3 Å². The van der Waals surface area contributed by atoms with E-state index in [1.807, 2.05) is 6.07 Å². The summed E-state index contributed by atoms with van der Waals surface area (Å²) >= 11 is 8.85. The van der Waals surface area contributed by atoms with Crippen LogP contribution in [0.1, 0.15) is 44.1 Å². The number of phenolic OH excluding ortho intramolecular Hbond substituents is 1. The van der Waals surface area contributed by atoms with Crippen LogP contribution in [0.15, 0.2) is 27.8 Å². The van der Waals surface area contributed by atoms with Gasteiger partial charge in [0.1, 0.15) is 5.75 Å². The van der Waals surface area contributed by atoms with Gasteiger partial charge >= 0.3 is 0 Å². The van der Waals surface area contributed by atoms with Gasteiger partial charge in [-0.15, -0.1) is 0 Å². The molecule has 1 aromatic carbocycles. The minimum absolute atomic E-state index is 0.187. The molecule has 4 aliphatic carbocycles. The van der Waals surface area contributed by atoms with Crippen molar-refractivity contribution in [3.63, 3.8) is 0 Å². The number of halogens is 1. The molecule has 6 heteroatoms. The fourth-order valence-electron chi connectivity index (χ4n) is 5.32. The average molecular weight is 408 g/mol. The topological polar surface area (TPSA) is 56.7 Å². The van der Waals surface area contributed by atoms with Crippen LogP contribution < -0.4 is 10.7 Å². The van der Waals surface area contributed by atoms with E-state index in [0.29, 0.717) is 10.7 Å². The van der Waals surface area contributed by atoms with Crippen molar-refractivity contribution in [1.82, 2.24) is 10.7 Å². The van der Waals surface area contributed by atoms with Crippen molar-refractivity contribution in [2.75, 3.05) is 0 Å². The van der Waals surface area contributed by atoms with Crippen LogP contribution in [0.4, 0.5) is 0 Å². The van der Waals surface area contributed by atoms with Crippen LogP contribution in [-0.2, 0) is 0 Å². The van der Waals surface area contributed by atoms with Gasteiger partial charge in [0, 0.05) is 15.6 Å². The Morgan fingerprint density at radius 3 is 2.46 bits per heavy atom. The number of rotatable bonds is 3. The maximum absolute atomic E-state index is 9.82. The zero-order valence-corrected chi connectivity index (χ0v) is 15.9. The second-order valence-corrected chi connectivity index (χ2v) is 9.05. The van der Waals surface area contributed by atoms with Gasteiger partial charge in [-0.25, -0.2) is 0 Å². The van der Waals surface area contributed by atoms with Crippen molar-refractivity contribution in [1.29, 1.82) is 0 Å². The van der Waals surface area contributed by atoms with Crippen molar-refractivity contribution in [3.05, 3.63) is 28.2 Å². The smallest absolute Gasteiger partial charge is 0.187 e. The van der Waals surface area contributed by atoms with Crippen molar-refractivity contribution < 1.29 is 5.11 Å². The highest BCUT2D eigenvalue weighted by Crippen LogP contribution is 2.55. The van der Waals surface area contributed by atoms with Gasteiger partial charge in [0.05, 0.1) is 6.21 Å². The summed E-state index contributed by atoms with van der Waals surface area (Å²) < 4.78 is 0.899. The zero-order valence-electron chi connectivity index (χ0n) is 13.5. The van der Waals surface area contributed by atoms with E-state index in [2.05, 4.69) is 31.8 Å². The van der Waals surface area contributed by atoms with Crippen molar-refractivity contribution >= 4 is 39.5 Å². The lowest BCUT2D eigenvalue weighted by Gasteiger charge is -2.57. The molecule has 0 aliphatic heterocycles. The molecule has 4 saturated carbocycles. The van der Waals surface area contributed by atoms with Gasteiger partial charge in [0.25, 0.3) is 0 Å². The SMILES string of the molecule is Oc1ccc(Br)cc1C=NNC(=S)NC12CC3CC(CC(C3)C1)C2. The largest absolute Gasteiger partial charge is 0.507 e. The molecule has 0 atom stereocenters. The molecular weight excluding hydrogens is 386 g/mol. The van der Waals surface area contributed by atoms with E-state index in [9.17, 15) is 5.11 Å². The fourth-order valence-corrected chi connectivity index (χ4v) is 5.97. The summed E-state index contributed by atoms with van der Waals surface area (Å²) in [5, 5.41) is 18.2. The normalized spacial score (nSPS) is 33.8. The number of thiocarbonyl (C=S) groups is 1. The van der Waals surface area contributed by atoms with E-state index in [4.69, 9.17) is 12.2 Å². The maximum Gasteiger partial charge on any atom is 0.187 e. The van der Waals surface area contributed by atoms with Crippen molar-refractivity contribution in [2.45, 2.75) is 44.1 Å². The molecule has 4 nitrogen and oxygen atoms in total. The number of nitrogens with zero attached hydrogens (tertiary/aromatic N) is 1. The van der Waals surface area contributed by atoms with Crippen LogP contribution in [0, 0.1) is 17.8 Å². The molecule has 0 spiro atoms. The number of hydrogen-bond donors (Lipinski definition) is 3. The van der Waals surface area contributed by atoms with E-state index in [0.717, 1.165) is 22.2 Å². The lowest BCUT2D eigenvalue weighted by atomic mass is 9.53. The summed E-state index contributed by atoms with van der Waals surface area (Å²) in [6, 6.07) is 5.24. The zero-order chi connectivity index (χ0) is 16.7. The quantitative estimate of drug-likeness (QED) is 0.403. The lowest BCUT2D eigenvalue weighted by Crippen LogP contribution is -2.61. The maximum atomic E-state index is 9.82. The van der Waals surface area contributed by atoms with Gasteiger partial charge in [0.15, 0.2) is 5.11 Å². The fraction of sp³-hybridized carbons (Fsp3) is 0.556. The first-order valence-electron chi connectivity index (χ1n) is 8.61. The number of hydrazone groups is 1. The Hall–Kier alpha value is -1.14. The third kappa shape index (κ3) is 3.31. The Labute approximate surface area is 156 Å². The molecule has 0 amide bonds. The summed E-state index contributed by atoms with van der Waals surface area (Å²) in [7, 11) is 0. The monoisotopic (exact) mass is 407 g/mol. The lowest BCUT2D eigenvalue weighted by molar-refractivity contribution is -0.0101. The minimum Gasteiger partial charge on any atom is -0.507 e. The number of benzene rings is 1. The molecule has 128 valence electrons. The van der Waals surface area contributed by atoms with E-state index >= 15 is 0 Å². The average Bonchev–Trinajstić information content (AvgIpc) is 2.48. The third-order valence-corrected chi connectivity index (χ3v) is 6.46. The molecule has 0 aromatic heterocycles. The van der Waals surface area contributed by atoms with Gasteiger partial charge < -0.3 is 10.4 Å². The predicted molar refractivity (Wildman–Crippen MR) is 103 cm³/mol. The number of aromatic hydroxyl groups is 1. The second-order valence-electron chi connectivity index (χ2n) is 7.73. The van der Waals surface area contributed by atoms with Gasteiger partial charge in [-0.3, -0.25) is 5.43 Å². The van der Waals surface area contributed by atoms with E-state index < -0.39 is 0 Å². The highest BCUT2D eigenvalue weighted by molar-refractivity contribution is 9.10. The molecule has 0 radical (unpaired) electrons. The summed E-state index contributed by atoms with van der Waals surface area (Å²) in [6.07, 6.45) is 9.59. The van der Waals surface area contributed by atoms with Crippen molar-refractivity contribution in [2.24, 2.45) is 22.9 Å². The van der Waals surface area contributed by atoms with Crippen LogP contribution in [0.2, 0.25) is 0 Å². The molecule has 5 rings (SSSR count).